The first kappa shape index (κ1) is 20.0. The molecule has 0 radical (unpaired) electrons. The second-order valence-electron chi connectivity index (χ2n) is 6.07. The van der Waals surface area contributed by atoms with Gasteiger partial charge >= 0.3 is 5.97 Å². The van der Waals surface area contributed by atoms with Crippen LogP contribution in [0.1, 0.15) is 0 Å². The van der Waals surface area contributed by atoms with E-state index in [2.05, 4.69) is 5.32 Å². The van der Waals surface area contributed by atoms with E-state index in [1.165, 1.54) is 14.2 Å². The van der Waals surface area contributed by atoms with Crippen LogP contribution < -0.4 is 19.5 Å². The average molecular weight is 395 g/mol. The van der Waals surface area contributed by atoms with Crippen molar-refractivity contribution in [3.8, 4) is 17.2 Å². The summed E-state index contributed by atoms with van der Waals surface area (Å²) in [5, 5.41) is 4.71. The molecule has 0 saturated heterocycles. The normalized spacial score (nSPS) is 10.3. The van der Waals surface area contributed by atoms with Gasteiger partial charge in [0.1, 0.15) is 17.2 Å². The minimum Gasteiger partial charge on any atom is -0.497 e. The van der Waals surface area contributed by atoms with Crippen LogP contribution in [-0.4, -0.2) is 39.3 Å². The minimum atomic E-state index is -0.644. The van der Waals surface area contributed by atoms with E-state index >= 15 is 0 Å². The molecule has 3 aromatic carbocycles. The molecule has 3 rings (SSSR count). The summed E-state index contributed by atoms with van der Waals surface area (Å²) in [6.45, 7) is -0.730. The molecule has 7 nitrogen and oxygen atoms in total. The Morgan fingerprint density at radius 1 is 0.828 bits per heavy atom. The Labute approximate surface area is 168 Å². The van der Waals surface area contributed by atoms with Gasteiger partial charge in [-0.2, -0.15) is 0 Å². The first-order valence-corrected chi connectivity index (χ1v) is 8.88. The molecule has 0 fully saturated rings. The van der Waals surface area contributed by atoms with Crippen molar-refractivity contribution in [2.45, 2.75) is 0 Å². The molecule has 0 saturated carbocycles. The third-order valence-corrected chi connectivity index (χ3v) is 4.12. The molecule has 0 heterocycles. The van der Waals surface area contributed by atoms with E-state index in [1.807, 2.05) is 36.4 Å². The lowest BCUT2D eigenvalue weighted by Crippen LogP contribution is -2.23. The molecule has 1 N–H and O–H groups in total. The topological polar surface area (TPSA) is 83.1 Å². The molecule has 0 aliphatic heterocycles. The Morgan fingerprint density at radius 3 is 2.34 bits per heavy atom. The summed E-state index contributed by atoms with van der Waals surface area (Å²) in [6.07, 6.45) is 0. The fourth-order valence-corrected chi connectivity index (χ4v) is 2.68. The number of rotatable bonds is 8. The maximum absolute atomic E-state index is 12.0. The Kier molecular flexibility index (Phi) is 6.52. The quantitative estimate of drug-likeness (QED) is 0.589. The van der Waals surface area contributed by atoms with E-state index < -0.39 is 18.5 Å². The first-order valence-electron chi connectivity index (χ1n) is 8.88. The average Bonchev–Trinajstić information content (AvgIpc) is 2.76. The monoisotopic (exact) mass is 395 g/mol. The molecule has 0 unspecified atom stereocenters. The second kappa shape index (κ2) is 9.45. The van der Waals surface area contributed by atoms with Gasteiger partial charge in [-0.1, -0.05) is 30.3 Å². The molecule has 1 amide bonds. The minimum absolute atomic E-state index is 0.294. The summed E-state index contributed by atoms with van der Waals surface area (Å²) in [4.78, 5) is 23.9. The van der Waals surface area contributed by atoms with Crippen LogP contribution in [0.5, 0.6) is 17.2 Å². The molecule has 29 heavy (non-hydrogen) atoms. The molecule has 0 atom stereocenters. The number of carbonyl (C=O) groups is 2. The Morgan fingerprint density at radius 2 is 1.59 bits per heavy atom. The number of nitrogens with one attached hydrogen (secondary N) is 1. The van der Waals surface area contributed by atoms with Crippen molar-refractivity contribution in [1.82, 2.24) is 0 Å². The number of hydrogen-bond acceptors (Lipinski definition) is 6. The number of benzene rings is 3. The van der Waals surface area contributed by atoms with Gasteiger partial charge in [0.05, 0.1) is 19.9 Å². The van der Waals surface area contributed by atoms with E-state index in [0.29, 0.717) is 22.9 Å². The maximum Gasteiger partial charge on any atom is 0.344 e. The number of ether oxygens (including phenoxy) is 4. The molecule has 7 heteroatoms. The first-order chi connectivity index (χ1) is 14.1. The van der Waals surface area contributed by atoms with Crippen molar-refractivity contribution in [2.24, 2.45) is 0 Å². The summed E-state index contributed by atoms with van der Waals surface area (Å²) >= 11 is 0. The lowest BCUT2D eigenvalue weighted by Gasteiger charge is -2.12. The molecule has 0 spiro atoms. The molecular weight excluding hydrogens is 374 g/mol. The molecule has 3 aromatic rings. The van der Waals surface area contributed by atoms with Gasteiger partial charge in [-0.25, -0.2) is 4.79 Å². The van der Waals surface area contributed by atoms with Crippen molar-refractivity contribution in [2.75, 3.05) is 32.8 Å². The largest absolute Gasteiger partial charge is 0.497 e. The van der Waals surface area contributed by atoms with Gasteiger partial charge < -0.3 is 24.3 Å². The van der Waals surface area contributed by atoms with E-state index in [-0.39, 0.29) is 6.61 Å². The van der Waals surface area contributed by atoms with Crippen LogP contribution in [-0.2, 0) is 14.3 Å². The number of fused-ring (bicyclic) bond motifs is 1. The third kappa shape index (κ3) is 5.38. The molecule has 0 aromatic heterocycles. The summed E-state index contributed by atoms with van der Waals surface area (Å²) in [7, 11) is 3.01. The summed E-state index contributed by atoms with van der Waals surface area (Å²) in [5.41, 5.74) is 0.446. The van der Waals surface area contributed by atoms with Crippen molar-refractivity contribution in [3.63, 3.8) is 0 Å². The highest BCUT2D eigenvalue weighted by atomic mass is 16.6. The number of carbonyl (C=O) groups excluding carboxylic acids is 2. The zero-order chi connectivity index (χ0) is 20.6. The summed E-state index contributed by atoms with van der Waals surface area (Å²) in [6, 6.07) is 18.3. The van der Waals surface area contributed by atoms with Gasteiger partial charge in [0.15, 0.2) is 13.2 Å². The summed E-state index contributed by atoms with van der Waals surface area (Å²) in [5.74, 6) is 0.441. The van der Waals surface area contributed by atoms with E-state index in [0.717, 1.165) is 10.8 Å². The zero-order valence-electron chi connectivity index (χ0n) is 16.1. The Hall–Kier alpha value is -3.74. The number of esters is 1. The molecule has 0 aliphatic carbocycles. The maximum atomic E-state index is 12.0. The molecule has 150 valence electrons. The van der Waals surface area contributed by atoms with Crippen molar-refractivity contribution < 1.29 is 28.5 Å². The van der Waals surface area contributed by atoms with E-state index in [4.69, 9.17) is 18.9 Å². The highest BCUT2D eigenvalue weighted by Gasteiger charge is 2.12. The lowest BCUT2D eigenvalue weighted by atomic mass is 10.1. The summed E-state index contributed by atoms with van der Waals surface area (Å²) < 4.78 is 20.7. The van der Waals surface area contributed by atoms with Crippen LogP contribution in [0.15, 0.2) is 60.7 Å². The SMILES string of the molecule is COc1ccc(NC(=O)COC(=O)COc2ccc3ccccc3c2)c(OC)c1. The van der Waals surface area contributed by atoms with Crippen LogP contribution in [0.3, 0.4) is 0 Å². The Bertz CT molecular complexity index is 1020. The van der Waals surface area contributed by atoms with Gasteiger partial charge in [0.2, 0.25) is 0 Å². The predicted octanol–water partition coefficient (Wildman–Crippen LogP) is 3.42. The van der Waals surface area contributed by atoms with Crippen molar-refractivity contribution >= 4 is 28.3 Å². The van der Waals surface area contributed by atoms with Crippen molar-refractivity contribution in [3.05, 3.63) is 60.7 Å². The highest BCUT2D eigenvalue weighted by Crippen LogP contribution is 2.28. The van der Waals surface area contributed by atoms with Gasteiger partial charge in [0, 0.05) is 6.07 Å². The standard InChI is InChI=1S/C22H21NO6/c1-26-17-9-10-19(20(12-17)27-2)23-21(24)13-29-22(25)14-28-18-8-7-15-5-3-4-6-16(15)11-18/h3-12H,13-14H2,1-2H3,(H,23,24). The fourth-order valence-electron chi connectivity index (χ4n) is 2.68. The van der Waals surface area contributed by atoms with Crippen LogP contribution >= 0.6 is 0 Å². The predicted molar refractivity (Wildman–Crippen MR) is 109 cm³/mol. The van der Waals surface area contributed by atoms with Gasteiger partial charge in [0.25, 0.3) is 5.91 Å². The second-order valence-corrected chi connectivity index (χ2v) is 6.07. The molecular formula is C22H21NO6. The van der Waals surface area contributed by atoms with Crippen LogP contribution in [0.4, 0.5) is 5.69 Å². The van der Waals surface area contributed by atoms with Crippen LogP contribution in [0, 0.1) is 0 Å². The van der Waals surface area contributed by atoms with Gasteiger partial charge in [-0.15, -0.1) is 0 Å². The number of anilines is 1. The van der Waals surface area contributed by atoms with Crippen LogP contribution in [0.2, 0.25) is 0 Å². The molecule has 0 bridgehead atoms. The third-order valence-electron chi connectivity index (χ3n) is 4.12. The van der Waals surface area contributed by atoms with Gasteiger partial charge in [-0.3, -0.25) is 4.79 Å². The van der Waals surface area contributed by atoms with E-state index in [9.17, 15) is 9.59 Å². The Balaban J connectivity index is 1.48. The lowest BCUT2D eigenvalue weighted by molar-refractivity contribution is -0.149. The fraction of sp³-hybridized carbons (Fsp3) is 0.182. The molecule has 0 aliphatic rings. The van der Waals surface area contributed by atoms with Gasteiger partial charge in [-0.05, 0) is 35.0 Å². The number of amides is 1. The zero-order valence-corrected chi connectivity index (χ0v) is 16.1. The number of hydrogen-bond donors (Lipinski definition) is 1. The highest BCUT2D eigenvalue weighted by molar-refractivity contribution is 5.94. The smallest absolute Gasteiger partial charge is 0.344 e. The number of methoxy groups -OCH3 is 2. The van der Waals surface area contributed by atoms with Crippen LogP contribution in [0.25, 0.3) is 10.8 Å². The van der Waals surface area contributed by atoms with E-state index in [1.54, 1.807) is 24.3 Å². The van der Waals surface area contributed by atoms with Crippen molar-refractivity contribution in [1.29, 1.82) is 0 Å².